The van der Waals surface area contributed by atoms with Gasteiger partial charge >= 0.3 is 0 Å². The Kier molecular flexibility index (Phi) is 4.66. The summed E-state index contributed by atoms with van der Waals surface area (Å²) in [4.78, 5) is 0. The summed E-state index contributed by atoms with van der Waals surface area (Å²) in [6, 6.07) is 3.69. The highest BCUT2D eigenvalue weighted by atomic mass is 19.1. The molecule has 18 heavy (non-hydrogen) atoms. The molecule has 4 heteroatoms. The first-order valence-electron chi connectivity index (χ1n) is 6.49. The van der Waals surface area contributed by atoms with Crippen LogP contribution >= 0.6 is 0 Å². The maximum Gasteiger partial charge on any atom is 0.127 e. The van der Waals surface area contributed by atoms with Crippen LogP contribution < -0.4 is 5.32 Å². The maximum absolute atomic E-state index is 13.4. The highest BCUT2D eigenvalue weighted by molar-refractivity contribution is 5.18. The predicted octanol–water partition coefficient (Wildman–Crippen LogP) is 2.61. The summed E-state index contributed by atoms with van der Waals surface area (Å²) >= 11 is 0. The number of hydrogen-bond donors (Lipinski definition) is 2. The average molecular weight is 255 g/mol. The Labute approximate surface area is 106 Å². The molecule has 0 spiro atoms. The zero-order chi connectivity index (χ0) is 13.0. The van der Waals surface area contributed by atoms with E-state index in [0.29, 0.717) is 12.1 Å². The highest BCUT2D eigenvalue weighted by Gasteiger charge is 2.24. The molecular weight excluding hydrogens is 236 g/mol. The molecule has 1 aliphatic rings. The van der Waals surface area contributed by atoms with E-state index in [9.17, 15) is 13.9 Å². The molecule has 100 valence electrons. The van der Waals surface area contributed by atoms with Gasteiger partial charge < -0.3 is 10.4 Å². The topological polar surface area (TPSA) is 32.3 Å². The number of halogens is 2. The molecule has 1 aliphatic carbocycles. The van der Waals surface area contributed by atoms with Gasteiger partial charge in [-0.2, -0.15) is 0 Å². The second-order valence-electron chi connectivity index (χ2n) is 4.95. The van der Waals surface area contributed by atoms with Gasteiger partial charge in [-0.1, -0.05) is 12.8 Å². The second kappa shape index (κ2) is 6.25. The first kappa shape index (κ1) is 13.4. The molecule has 1 fully saturated rings. The van der Waals surface area contributed by atoms with Crippen molar-refractivity contribution >= 4 is 0 Å². The summed E-state index contributed by atoms with van der Waals surface area (Å²) in [5.74, 6) is -0.578. The van der Waals surface area contributed by atoms with E-state index in [-0.39, 0.29) is 24.4 Å². The Morgan fingerprint density at radius 1 is 1.22 bits per heavy atom. The smallest absolute Gasteiger partial charge is 0.127 e. The zero-order valence-electron chi connectivity index (χ0n) is 10.3. The largest absolute Gasteiger partial charge is 0.396 e. The average Bonchev–Trinajstić information content (AvgIpc) is 2.40. The summed E-state index contributed by atoms with van der Waals surface area (Å²) in [5.41, 5.74) is 0.345. The van der Waals surface area contributed by atoms with Gasteiger partial charge in [-0.05, 0) is 37.0 Å². The number of nitrogens with one attached hydrogen (secondary N) is 1. The quantitative estimate of drug-likeness (QED) is 0.866. The van der Waals surface area contributed by atoms with Crippen molar-refractivity contribution in [1.29, 1.82) is 0 Å². The van der Waals surface area contributed by atoms with Crippen molar-refractivity contribution in [3.05, 3.63) is 35.4 Å². The monoisotopic (exact) mass is 255 g/mol. The Hall–Kier alpha value is -1.00. The summed E-state index contributed by atoms with van der Waals surface area (Å²) in [5, 5.41) is 12.5. The van der Waals surface area contributed by atoms with Gasteiger partial charge in [0.05, 0.1) is 0 Å². The predicted molar refractivity (Wildman–Crippen MR) is 66.0 cm³/mol. The van der Waals surface area contributed by atoms with Crippen molar-refractivity contribution in [2.24, 2.45) is 5.92 Å². The lowest BCUT2D eigenvalue weighted by Crippen LogP contribution is -2.39. The van der Waals surface area contributed by atoms with Gasteiger partial charge in [-0.25, -0.2) is 8.78 Å². The van der Waals surface area contributed by atoms with Gasteiger partial charge in [0.2, 0.25) is 0 Å². The molecule has 2 nitrogen and oxygen atoms in total. The van der Waals surface area contributed by atoms with Crippen molar-refractivity contribution in [2.45, 2.75) is 38.3 Å². The van der Waals surface area contributed by atoms with Crippen LogP contribution in [-0.4, -0.2) is 17.8 Å². The minimum absolute atomic E-state index is 0.156. The minimum Gasteiger partial charge on any atom is -0.396 e. The van der Waals surface area contributed by atoms with E-state index < -0.39 is 5.82 Å². The van der Waals surface area contributed by atoms with Crippen LogP contribution in [0.1, 0.15) is 31.2 Å². The van der Waals surface area contributed by atoms with Gasteiger partial charge in [-0.3, -0.25) is 0 Å². The molecule has 0 radical (unpaired) electrons. The minimum atomic E-state index is -0.421. The van der Waals surface area contributed by atoms with Gasteiger partial charge in [0.25, 0.3) is 0 Å². The maximum atomic E-state index is 13.4. The molecule has 2 rings (SSSR count). The molecule has 2 N–H and O–H groups in total. The van der Waals surface area contributed by atoms with Crippen molar-refractivity contribution in [2.75, 3.05) is 6.61 Å². The first-order valence-corrected chi connectivity index (χ1v) is 6.49. The summed E-state index contributed by atoms with van der Waals surface area (Å²) in [7, 11) is 0. The lowest BCUT2D eigenvalue weighted by molar-refractivity contribution is 0.152. The molecule has 0 aliphatic heterocycles. The van der Waals surface area contributed by atoms with Crippen LogP contribution in [0.25, 0.3) is 0 Å². The zero-order valence-corrected chi connectivity index (χ0v) is 10.3. The normalized spacial score (nSPS) is 24.2. The van der Waals surface area contributed by atoms with Gasteiger partial charge in [0.15, 0.2) is 0 Å². The number of aliphatic hydroxyl groups excluding tert-OH is 1. The lowest BCUT2D eigenvalue weighted by atomic mass is 9.85. The molecule has 2 unspecified atom stereocenters. The summed E-state index contributed by atoms with van der Waals surface area (Å²) < 4.78 is 26.5. The van der Waals surface area contributed by atoms with Crippen LogP contribution in [0, 0.1) is 17.6 Å². The summed E-state index contributed by atoms with van der Waals surface area (Å²) in [6.45, 7) is 0.466. The van der Waals surface area contributed by atoms with E-state index in [0.717, 1.165) is 37.8 Å². The van der Waals surface area contributed by atoms with E-state index in [1.165, 1.54) is 6.07 Å². The Bertz CT molecular complexity index is 397. The van der Waals surface area contributed by atoms with E-state index >= 15 is 0 Å². The van der Waals surface area contributed by atoms with Gasteiger partial charge in [0.1, 0.15) is 11.6 Å². The molecular formula is C14H19F2NO. The first-order chi connectivity index (χ1) is 8.70. The van der Waals surface area contributed by atoms with Crippen molar-refractivity contribution in [3.8, 4) is 0 Å². The van der Waals surface area contributed by atoms with Crippen molar-refractivity contribution < 1.29 is 13.9 Å². The van der Waals surface area contributed by atoms with E-state index in [4.69, 9.17) is 0 Å². The van der Waals surface area contributed by atoms with Crippen molar-refractivity contribution in [3.63, 3.8) is 0 Å². The van der Waals surface area contributed by atoms with Crippen LogP contribution in [0.2, 0.25) is 0 Å². The Morgan fingerprint density at radius 2 is 2.00 bits per heavy atom. The van der Waals surface area contributed by atoms with E-state index in [1.807, 2.05) is 0 Å². The molecule has 0 aromatic heterocycles. The fraction of sp³-hybridized carbons (Fsp3) is 0.571. The third kappa shape index (κ3) is 3.27. The number of aliphatic hydroxyl groups is 1. The van der Waals surface area contributed by atoms with Crippen LogP contribution in [0.4, 0.5) is 8.78 Å². The summed E-state index contributed by atoms with van der Waals surface area (Å²) in [6.07, 6.45) is 4.25. The third-order valence-electron chi connectivity index (χ3n) is 3.71. The highest BCUT2D eigenvalue weighted by Crippen LogP contribution is 2.24. The van der Waals surface area contributed by atoms with Gasteiger partial charge in [-0.15, -0.1) is 0 Å². The fourth-order valence-corrected chi connectivity index (χ4v) is 2.61. The molecule has 0 heterocycles. The molecule has 1 aromatic rings. The molecule has 0 amide bonds. The molecule has 1 saturated carbocycles. The lowest BCUT2D eigenvalue weighted by Gasteiger charge is -2.31. The SMILES string of the molecule is OCC1CCCCC1NCc1cc(F)ccc1F. The molecule has 2 atom stereocenters. The van der Waals surface area contributed by atoms with Crippen LogP contribution in [0.15, 0.2) is 18.2 Å². The second-order valence-corrected chi connectivity index (χ2v) is 4.95. The fourth-order valence-electron chi connectivity index (χ4n) is 2.61. The molecule has 1 aromatic carbocycles. The van der Waals surface area contributed by atoms with Crippen LogP contribution in [0.5, 0.6) is 0 Å². The third-order valence-corrected chi connectivity index (χ3v) is 3.71. The number of benzene rings is 1. The van der Waals surface area contributed by atoms with Crippen molar-refractivity contribution in [1.82, 2.24) is 5.32 Å². The standard InChI is InChI=1S/C14H19F2NO/c15-12-5-6-13(16)11(7-12)8-17-14-4-2-1-3-10(14)9-18/h5-7,10,14,17-18H,1-4,8-9H2. The van der Waals surface area contributed by atoms with Crippen LogP contribution in [0.3, 0.4) is 0 Å². The molecule has 0 saturated heterocycles. The number of hydrogen-bond acceptors (Lipinski definition) is 2. The number of rotatable bonds is 4. The Morgan fingerprint density at radius 3 is 2.78 bits per heavy atom. The molecule has 0 bridgehead atoms. The van der Waals surface area contributed by atoms with E-state index in [2.05, 4.69) is 5.32 Å². The van der Waals surface area contributed by atoms with E-state index in [1.54, 1.807) is 0 Å². The van der Waals surface area contributed by atoms with Crippen LogP contribution in [-0.2, 0) is 6.54 Å². The Balaban J connectivity index is 1.95. The van der Waals surface area contributed by atoms with Gasteiger partial charge in [0, 0.05) is 24.8 Å².